The van der Waals surface area contributed by atoms with Crippen molar-refractivity contribution in [1.29, 1.82) is 0 Å². The Hall–Kier alpha value is -3.97. The predicted octanol–water partition coefficient (Wildman–Crippen LogP) is 5.83. The van der Waals surface area contributed by atoms with Gasteiger partial charge in [0.25, 0.3) is 0 Å². The molecule has 0 atom stereocenters. The van der Waals surface area contributed by atoms with Gasteiger partial charge in [-0.1, -0.05) is 66.2 Å². The van der Waals surface area contributed by atoms with E-state index < -0.39 is 6.09 Å². The van der Waals surface area contributed by atoms with E-state index in [9.17, 15) is 4.79 Å². The van der Waals surface area contributed by atoms with Crippen molar-refractivity contribution in [2.45, 2.75) is 13.5 Å². The second-order valence-electron chi connectivity index (χ2n) is 7.10. The molecule has 4 aromatic rings. The first-order chi connectivity index (χ1) is 15.6. The van der Waals surface area contributed by atoms with Gasteiger partial charge in [-0.25, -0.2) is 4.79 Å². The summed E-state index contributed by atoms with van der Waals surface area (Å²) in [6.45, 7) is 2.17. The number of hydrogen-bond acceptors (Lipinski definition) is 5. The number of halogens is 1. The summed E-state index contributed by atoms with van der Waals surface area (Å²) in [5.74, 6) is 0.529. The van der Waals surface area contributed by atoms with Crippen molar-refractivity contribution < 1.29 is 9.53 Å². The molecule has 0 aliphatic carbocycles. The highest BCUT2D eigenvalue weighted by molar-refractivity contribution is 6.31. The van der Waals surface area contributed by atoms with Gasteiger partial charge >= 0.3 is 6.09 Å². The van der Waals surface area contributed by atoms with Crippen LogP contribution in [0.25, 0.3) is 23.0 Å². The molecule has 2 N–H and O–H groups in total. The number of hydrogen-bond donors (Lipinski definition) is 2. The molecule has 160 valence electrons. The van der Waals surface area contributed by atoms with Gasteiger partial charge in [-0.05, 0) is 58.7 Å². The van der Waals surface area contributed by atoms with Crippen LogP contribution in [0.1, 0.15) is 23.6 Å². The van der Waals surface area contributed by atoms with Crippen LogP contribution in [0.5, 0.6) is 0 Å². The number of aromatic amines is 1. The van der Waals surface area contributed by atoms with E-state index in [1.807, 2.05) is 79.7 Å². The van der Waals surface area contributed by atoms with Crippen molar-refractivity contribution in [2.24, 2.45) is 0 Å². The van der Waals surface area contributed by atoms with E-state index in [1.165, 1.54) is 0 Å². The zero-order valence-corrected chi connectivity index (χ0v) is 18.0. The summed E-state index contributed by atoms with van der Waals surface area (Å²) in [6, 6.07) is 22.7. The van der Waals surface area contributed by atoms with Gasteiger partial charge in [0.1, 0.15) is 6.61 Å². The molecule has 32 heavy (non-hydrogen) atoms. The summed E-state index contributed by atoms with van der Waals surface area (Å²) in [5, 5.41) is 17.3. The van der Waals surface area contributed by atoms with Gasteiger partial charge in [-0.2, -0.15) is 5.21 Å². The van der Waals surface area contributed by atoms with Gasteiger partial charge in [-0.15, -0.1) is 10.2 Å². The van der Waals surface area contributed by atoms with Gasteiger partial charge in [0.15, 0.2) is 0 Å². The Labute approximate surface area is 190 Å². The molecule has 0 aliphatic rings. The third-order valence-corrected chi connectivity index (χ3v) is 4.90. The lowest BCUT2D eigenvalue weighted by Gasteiger charge is -2.10. The van der Waals surface area contributed by atoms with Crippen molar-refractivity contribution in [2.75, 3.05) is 5.32 Å². The second kappa shape index (κ2) is 9.89. The van der Waals surface area contributed by atoms with Gasteiger partial charge in [0.2, 0.25) is 5.82 Å². The minimum atomic E-state index is -0.545. The van der Waals surface area contributed by atoms with Crippen molar-refractivity contribution in [3.05, 3.63) is 94.5 Å². The Kier molecular flexibility index (Phi) is 6.57. The standard InChI is InChI=1S/C24H20ClN5O2/c1-16(10-18-8-5-9-19(11-18)23-27-29-30-28-23)20-12-21(25)14-22(13-20)26-24(31)32-15-17-6-3-2-4-7-17/h2-14H,15H2,1H3,(H,26,31)(H,27,28,29,30). The van der Waals surface area contributed by atoms with Crippen LogP contribution in [0.4, 0.5) is 10.5 Å². The molecule has 1 heterocycles. The molecule has 0 saturated heterocycles. The summed E-state index contributed by atoms with van der Waals surface area (Å²) in [7, 11) is 0. The average Bonchev–Trinajstić information content (AvgIpc) is 3.33. The average molecular weight is 446 g/mol. The molecule has 3 aromatic carbocycles. The van der Waals surface area contributed by atoms with Crippen LogP contribution < -0.4 is 5.32 Å². The molecular formula is C24H20ClN5O2. The summed E-state index contributed by atoms with van der Waals surface area (Å²) in [4.78, 5) is 12.2. The van der Waals surface area contributed by atoms with Gasteiger partial charge < -0.3 is 4.74 Å². The number of allylic oxidation sites excluding steroid dienone is 1. The smallest absolute Gasteiger partial charge is 0.411 e. The highest BCUT2D eigenvalue weighted by Crippen LogP contribution is 2.26. The number of nitrogens with zero attached hydrogens (tertiary/aromatic N) is 3. The molecule has 0 spiro atoms. The Balaban J connectivity index is 1.48. The molecule has 0 radical (unpaired) electrons. The van der Waals surface area contributed by atoms with Crippen LogP contribution in [0.3, 0.4) is 0 Å². The summed E-state index contributed by atoms with van der Waals surface area (Å²) in [6.07, 6.45) is 1.48. The molecule has 0 unspecified atom stereocenters. The zero-order valence-electron chi connectivity index (χ0n) is 17.2. The maximum absolute atomic E-state index is 12.2. The number of H-pyrrole nitrogens is 1. The molecule has 8 heteroatoms. The molecule has 7 nitrogen and oxygen atoms in total. The first-order valence-corrected chi connectivity index (χ1v) is 10.3. The van der Waals surface area contributed by atoms with E-state index >= 15 is 0 Å². The van der Waals surface area contributed by atoms with E-state index in [2.05, 4.69) is 25.9 Å². The number of benzene rings is 3. The maximum Gasteiger partial charge on any atom is 0.411 e. The lowest BCUT2D eigenvalue weighted by atomic mass is 10.0. The van der Waals surface area contributed by atoms with Gasteiger partial charge in [0.05, 0.1) is 0 Å². The lowest BCUT2D eigenvalue weighted by Crippen LogP contribution is -2.13. The third-order valence-electron chi connectivity index (χ3n) is 4.69. The topological polar surface area (TPSA) is 92.8 Å². The highest BCUT2D eigenvalue weighted by Gasteiger charge is 2.08. The van der Waals surface area contributed by atoms with Crippen molar-refractivity contribution in [3.63, 3.8) is 0 Å². The van der Waals surface area contributed by atoms with Crippen molar-refractivity contribution in [3.8, 4) is 11.4 Å². The number of rotatable bonds is 6. The number of nitrogens with one attached hydrogen (secondary N) is 2. The fourth-order valence-electron chi connectivity index (χ4n) is 3.15. The fourth-order valence-corrected chi connectivity index (χ4v) is 3.39. The second-order valence-corrected chi connectivity index (χ2v) is 7.54. The fraction of sp³-hybridized carbons (Fsp3) is 0.0833. The van der Waals surface area contributed by atoms with E-state index in [0.29, 0.717) is 16.5 Å². The molecule has 1 aromatic heterocycles. The van der Waals surface area contributed by atoms with E-state index in [0.717, 1.165) is 27.8 Å². The number of ether oxygens (including phenoxy) is 1. The van der Waals surface area contributed by atoms with Gasteiger partial charge in [0, 0.05) is 16.3 Å². The van der Waals surface area contributed by atoms with E-state index in [1.54, 1.807) is 6.07 Å². The quantitative estimate of drug-likeness (QED) is 0.364. The molecule has 0 aliphatic heterocycles. The Bertz CT molecular complexity index is 1240. The van der Waals surface area contributed by atoms with Crippen LogP contribution in [0.15, 0.2) is 72.8 Å². The minimum absolute atomic E-state index is 0.190. The molecule has 1 amide bonds. The normalized spacial score (nSPS) is 11.2. The summed E-state index contributed by atoms with van der Waals surface area (Å²) in [5.41, 5.74) is 5.14. The number of tetrazole rings is 1. The molecule has 0 fully saturated rings. The third kappa shape index (κ3) is 5.59. The molecule has 0 saturated carbocycles. The Morgan fingerprint density at radius 2 is 1.94 bits per heavy atom. The first kappa shape index (κ1) is 21.3. The molecular weight excluding hydrogens is 426 g/mol. The van der Waals surface area contributed by atoms with E-state index in [-0.39, 0.29) is 6.61 Å². The van der Waals surface area contributed by atoms with Crippen LogP contribution in [0.2, 0.25) is 5.02 Å². The van der Waals surface area contributed by atoms with Crippen molar-refractivity contribution in [1.82, 2.24) is 20.6 Å². The van der Waals surface area contributed by atoms with Crippen LogP contribution in [0, 0.1) is 0 Å². The first-order valence-electron chi connectivity index (χ1n) is 9.88. The van der Waals surface area contributed by atoms with E-state index in [4.69, 9.17) is 16.3 Å². The van der Waals surface area contributed by atoms with Crippen molar-refractivity contribution >= 4 is 35.0 Å². The minimum Gasteiger partial charge on any atom is -0.444 e. The monoisotopic (exact) mass is 445 g/mol. The maximum atomic E-state index is 12.2. The van der Waals surface area contributed by atoms with Gasteiger partial charge in [-0.3, -0.25) is 5.32 Å². The Morgan fingerprint density at radius 3 is 2.72 bits per heavy atom. The highest BCUT2D eigenvalue weighted by atomic mass is 35.5. The number of carbonyl (C=O) groups excluding carboxylic acids is 1. The predicted molar refractivity (Wildman–Crippen MR) is 125 cm³/mol. The largest absolute Gasteiger partial charge is 0.444 e. The summed E-state index contributed by atoms with van der Waals surface area (Å²) < 4.78 is 5.29. The Morgan fingerprint density at radius 1 is 1.09 bits per heavy atom. The number of anilines is 1. The van der Waals surface area contributed by atoms with Crippen LogP contribution in [-0.4, -0.2) is 26.7 Å². The summed E-state index contributed by atoms with van der Waals surface area (Å²) >= 11 is 6.30. The SMILES string of the molecule is CC(=Cc1cccc(-c2nn[nH]n2)c1)c1cc(Cl)cc(NC(=O)OCc2ccccc2)c1. The number of carbonyl (C=O) groups is 1. The number of aromatic nitrogens is 4. The lowest BCUT2D eigenvalue weighted by molar-refractivity contribution is 0.155. The van der Waals surface area contributed by atoms with Crippen LogP contribution in [-0.2, 0) is 11.3 Å². The van der Waals surface area contributed by atoms with Crippen LogP contribution >= 0.6 is 11.6 Å². The molecule has 0 bridgehead atoms. The molecule has 4 rings (SSSR count). The zero-order chi connectivity index (χ0) is 22.3. The number of amides is 1.